The predicted molar refractivity (Wildman–Crippen MR) is 122 cm³/mol. The number of hydrogen-bond donors (Lipinski definition) is 2. The van der Waals surface area contributed by atoms with Gasteiger partial charge in [0, 0.05) is 35.8 Å². The summed E-state index contributed by atoms with van der Waals surface area (Å²) in [5.74, 6) is 0.143. The van der Waals surface area contributed by atoms with Crippen LogP contribution in [0.5, 0.6) is 0 Å². The highest BCUT2D eigenvalue weighted by molar-refractivity contribution is 6.04. The normalized spacial score (nSPS) is 14.0. The van der Waals surface area contributed by atoms with E-state index in [-0.39, 0.29) is 16.5 Å². The largest absolute Gasteiger partial charge is 0.364 e. The molecule has 31 heavy (non-hydrogen) atoms. The number of carbonyl (C=O) groups excluding carboxylic acids is 1. The summed E-state index contributed by atoms with van der Waals surface area (Å²) in [6, 6.07) is 13.7. The first-order chi connectivity index (χ1) is 15.1. The molecule has 0 spiro atoms. The number of carbonyl (C=O) groups is 1. The van der Waals surface area contributed by atoms with Gasteiger partial charge in [0.15, 0.2) is 5.43 Å². The zero-order chi connectivity index (χ0) is 21.5. The van der Waals surface area contributed by atoms with Crippen molar-refractivity contribution in [2.24, 2.45) is 5.73 Å². The Kier molecular flexibility index (Phi) is 4.66. The molecule has 1 aliphatic rings. The minimum absolute atomic E-state index is 0.0215. The molecule has 0 radical (unpaired) electrons. The fourth-order valence-corrected chi connectivity index (χ4v) is 4.33. The highest BCUT2D eigenvalue weighted by Gasteiger charge is 2.27. The Labute approximate surface area is 178 Å². The van der Waals surface area contributed by atoms with Crippen molar-refractivity contribution >= 4 is 33.5 Å². The molecule has 1 aliphatic carbocycles. The number of benzene rings is 1. The van der Waals surface area contributed by atoms with Crippen LogP contribution in [-0.2, 0) is 0 Å². The number of nitrogens with zero attached hydrogens (tertiary/aromatic N) is 3. The molecule has 3 aromatic heterocycles. The molecule has 1 amide bonds. The standard InChI is InChI=1S/C24H23N5O2/c1-2-29(15-7-5-8-15)24-16(12-14-6-3-4-9-17(14)28-24)19-13-20(30)21-18(27-19)10-11-26-22(21)23(25)31/h3-4,6,9-13,15H,2,5,7-8H2,1H3,(H2,25,31)(H,27,30). The van der Waals surface area contributed by atoms with Gasteiger partial charge in [0.05, 0.1) is 22.1 Å². The number of aromatic nitrogens is 3. The van der Waals surface area contributed by atoms with Gasteiger partial charge in [-0.15, -0.1) is 0 Å². The quantitative estimate of drug-likeness (QED) is 0.520. The van der Waals surface area contributed by atoms with Gasteiger partial charge in [0.2, 0.25) is 0 Å². The number of hydrogen-bond acceptors (Lipinski definition) is 5. The number of para-hydroxylation sites is 1. The van der Waals surface area contributed by atoms with Crippen molar-refractivity contribution in [3.05, 3.63) is 64.6 Å². The van der Waals surface area contributed by atoms with Crippen molar-refractivity contribution < 1.29 is 4.79 Å². The van der Waals surface area contributed by atoms with Gasteiger partial charge in [-0.1, -0.05) is 18.2 Å². The third kappa shape index (κ3) is 3.22. The number of anilines is 1. The van der Waals surface area contributed by atoms with Crippen LogP contribution in [0.4, 0.5) is 5.82 Å². The van der Waals surface area contributed by atoms with E-state index in [4.69, 9.17) is 10.7 Å². The van der Waals surface area contributed by atoms with Crippen LogP contribution in [-0.4, -0.2) is 33.4 Å². The second-order valence-corrected chi connectivity index (χ2v) is 7.92. The van der Waals surface area contributed by atoms with Crippen molar-refractivity contribution in [2.75, 3.05) is 11.4 Å². The summed E-state index contributed by atoms with van der Waals surface area (Å²) in [4.78, 5) is 39.4. The maximum Gasteiger partial charge on any atom is 0.268 e. The topological polar surface area (TPSA) is 105 Å². The summed E-state index contributed by atoms with van der Waals surface area (Å²) in [5.41, 5.74) is 8.08. The lowest BCUT2D eigenvalue weighted by atomic mass is 9.91. The first kappa shape index (κ1) is 19.2. The fourth-order valence-electron chi connectivity index (χ4n) is 4.33. The third-order valence-corrected chi connectivity index (χ3v) is 6.10. The minimum atomic E-state index is -0.723. The van der Waals surface area contributed by atoms with Gasteiger partial charge in [-0.05, 0) is 44.4 Å². The summed E-state index contributed by atoms with van der Waals surface area (Å²) in [5, 5.41) is 1.21. The van der Waals surface area contributed by atoms with Crippen LogP contribution in [0.25, 0.3) is 33.1 Å². The molecule has 4 aromatic rings. The van der Waals surface area contributed by atoms with E-state index in [1.54, 1.807) is 6.07 Å². The Hall–Kier alpha value is -3.74. The van der Waals surface area contributed by atoms with Crippen LogP contribution in [0.15, 0.2) is 53.5 Å². The number of rotatable bonds is 5. The average Bonchev–Trinajstić information content (AvgIpc) is 2.74. The van der Waals surface area contributed by atoms with Crippen LogP contribution in [0.3, 0.4) is 0 Å². The summed E-state index contributed by atoms with van der Waals surface area (Å²) >= 11 is 0. The number of nitrogens with two attached hydrogens (primary N) is 1. The molecule has 0 atom stereocenters. The van der Waals surface area contributed by atoms with E-state index in [0.717, 1.165) is 41.7 Å². The number of H-pyrrole nitrogens is 1. The summed E-state index contributed by atoms with van der Waals surface area (Å²) in [6.07, 6.45) is 4.99. The second kappa shape index (κ2) is 7.50. The molecule has 0 aliphatic heterocycles. The maximum atomic E-state index is 13.0. The first-order valence-electron chi connectivity index (χ1n) is 10.6. The predicted octanol–water partition coefficient (Wildman–Crippen LogP) is 3.62. The number of aromatic amines is 1. The number of nitrogens with one attached hydrogen (secondary N) is 1. The van der Waals surface area contributed by atoms with Crippen molar-refractivity contribution in [1.82, 2.24) is 15.0 Å². The zero-order valence-corrected chi connectivity index (χ0v) is 17.3. The fraction of sp³-hybridized carbons (Fsp3) is 0.250. The Balaban J connectivity index is 1.77. The van der Waals surface area contributed by atoms with E-state index in [9.17, 15) is 9.59 Å². The van der Waals surface area contributed by atoms with Gasteiger partial charge >= 0.3 is 0 Å². The first-order valence-corrected chi connectivity index (χ1v) is 10.6. The molecule has 0 unspecified atom stereocenters. The molecule has 3 N–H and O–H groups in total. The smallest absolute Gasteiger partial charge is 0.268 e. The lowest BCUT2D eigenvalue weighted by Crippen LogP contribution is -2.41. The summed E-state index contributed by atoms with van der Waals surface area (Å²) < 4.78 is 0. The van der Waals surface area contributed by atoms with Gasteiger partial charge < -0.3 is 15.6 Å². The number of primary amides is 1. The molecule has 1 saturated carbocycles. The van der Waals surface area contributed by atoms with Crippen LogP contribution >= 0.6 is 0 Å². The Bertz CT molecular complexity index is 1370. The van der Waals surface area contributed by atoms with Crippen LogP contribution in [0.2, 0.25) is 0 Å². The van der Waals surface area contributed by atoms with Gasteiger partial charge in [-0.2, -0.15) is 0 Å². The molecule has 1 fully saturated rings. The van der Waals surface area contributed by atoms with Gasteiger partial charge in [0.1, 0.15) is 11.5 Å². The molecule has 0 bridgehead atoms. The molecular weight excluding hydrogens is 390 g/mol. The van der Waals surface area contributed by atoms with E-state index in [0.29, 0.717) is 17.3 Å². The minimum Gasteiger partial charge on any atom is -0.364 e. The van der Waals surface area contributed by atoms with Gasteiger partial charge in [-0.25, -0.2) is 4.98 Å². The maximum absolute atomic E-state index is 13.0. The van der Waals surface area contributed by atoms with E-state index in [1.165, 1.54) is 18.7 Å². The average molecular weight is 413 g/mol. The van der Waals surface area contributed by atoms with Crippen LogP contribution < -0.4 is 16.1 Å². The van der Waals surface area contributed by atoms with E-state index in [1.807, 2.05) is 24.3 Å². The molecule has 156 valence electrons. The van der Waals surface area contributed by atoms with Crippen molar-refractivity contribution in [2.45, 2.75) is 32.2 Å². The Morgan fingerprint density at radius 1 is 1.23 bits per heavy atom. The lowest BCUT2D eigenvalue weighted by Gasteiger charge is -2.38. The van der Waals surface area contributed by atoms with Crippen LogP contribution in [0.1, 0.15) is 36.7 Å². The number of pyridine rings is 3. The monoisotopic (exact) mass is 413 g/mol. The summed E-state index contributed by atoms with van der Waals surface area (Å²) in [7, 11) is 0. The molecule has 3 heterocycles. The molecule has 7 heteroatoms. The Morgan fingerprint density at radius 2 is 2.03 bits per heavy atom. The van der Waals surface area contributed by atoms with E-state index < -0.39 is 5.91 Å². The van der Waals surface area contributed by atoms with E-state index >= 15 is 0 Å². The van der Waals surface area contributed by atoms with Crippen molar-refractivity contribution in [1.29, 1.82) is 0 Å². The molecule has 0 saturated heterocycles. The van der Waals surface area contributed by atoms with E-state index in [2.05, 4.69) is 27.9 Å². The van der Waals surface area contributed by atoms with Crippen LogP contribution in [0, 0.1) is 0 Å². The number of fused-ring (bicyclic) bond motifs is 2. The molecule has 1 aromatic carbocycles. The van der Waals surface area contributed by atoms with Crippen molar-refractivity contribution in [3.63, 3.8) is 0 Å². The Morgan fingerprint density at radius 3 is 2.74 bits per heavy atom. The zero-order valence-electron chi connectivity index (χ0n) is 17.3. The van der Waals surface area contributed by atoms with Gasteiger partial charge in [-0.3, -0.25) is 14.6 Å². The molecule has 5 rings (SSSR count). The highest BCUT2D eigenvalue weighted by atomic mass is 16.1. The van der Waals surface area contributed by atoms with Crippen molar-refractivity contribution in [3.8, 4) is 11.3 Å². The lowest BCUT2D eigenvalue weighted by molar-refractivity contribution is 0.0997. The molecular formula is C24H23N5O2. The molecule has 7 nitrogen and oxygen atoms in total. The SMILES string of the molecule is CCN(c1nc2ccccc2cc1-c1cc(=O)c2c(C(N)=O)nccc2[nH]1)C1CCC1. The second-order valence-electron chi connectivity index (χ2n) is 7.92. The summed E-state index contributed by atoms with van der Waals surface area (Å²) in [6.45, 7) is 2.96. The number of amides is 1. The van der Waals surface area contributed by atoms with Gasteiger partial charge in [0.25, 0.3) is 5.91 Å². The highest BCUT2D eigenvalue weighted by Crippen LogP contribution is 2.36. The third-order valence-electron chi connectivity index (χ3n) is 6.10.